The quantitative estimate of drug-likeness (QED) is 0.290. The minimum atomic E-state index is -4.15. The Morgan fingerprint density at radius 3 is 1.64 bits per heavy atom. The molecule has 0 amide bonds. The summed E-state index contributed by atoms with van der Waals surface area (Å²) in [5.41, 5.74) is 0. The first-order valence-electron chi connectivity index (χ1n) is 8.50. The van der Waals surface area contributed by atoms with Gasteiger partial charge < -0.3 is 9.66 Å². The van der Waals surface area contributed by atoms with Gasteiger partial charge in [0.1, 0.15) is 0 Å². The van der Waals surface area contributed by atoms with Crippen LogP contribution < -0.4 is 29.6 Å². The second kappa shape index (κ2) is 15.4. The largest absolute Gasteiger partial charge is 1.00 e. The normalized spacial score (nSPS) is 14.4. The van der Waals surface area contributed by atoms with E-state index in [9.17, 15) is 13.0 Å². The minimum Gasteiger partial charge on any atom is -0.748 e. The Balaban J connectivity index is 0. The first kappa shape index (κ1) is 25.1. The first-order valence-corrected chi connectivity index (χ1v) is 9.97. The van der Waals surface area contributed by atoms with E-state index in [2.05, 4.69) is 6.92 Å². The van der Waals surface area contributed by atoms with Crippen LogP contribution in [0, 0.1) is 0 Å². The zero-order chi connectivity index (χ0) is 16.1. The van der Waals surface area contributed by atoms with Gasteiger partial charge in [0.05, 0.1) is 16.2 Å². The molecule has 0 spiro atoms. The summed E-state index contributed by atoms with van der Waals surface area (Å²) < 4.78 is 33.8. The molecule has 22 heavy (non-hydrogen) atoms. The number of hydrogen-bond donors (Lipinski definition) is 1. The maximum absolute atomic E-state index is 11.3. The van der Waals surface area contributed by atoms with Gasteiger partial charge in [0.25, 0.3) is 0 Å². The fraction of sp³-hybridized carbons (Fsp3) is 1.00. The van der Waals surface area contributed by atoms with E-state index in [0.29, 0.717) is 12.8 Å². The summed E-state index contributed by atoms with van der Waals surface area (Å²) in [6.07, 6.45) is 10.6. The predicted octanol–water partition coefficient (Wildman–Crippen LogP) is 0.986. The number of hydrogen-bond acceptors (Lipinski definition) is 4. The van der Waals surface area contributed by atoms with Crippen LogP contribution >= 0.6 is 0 Å². The number of unbranched alkanes of at least 4 members (excludes halogenated alkanes) is 7. The van der Waals surface area contributed by atoms with Crippen molar-refractivity contribution in [2.24, 2.45) is 0 Å². The zero-order valence-corrected chi connectivity index (χ0v) is 17.5. The van der Waals surface area contributed by atoms with Crippen LogP contribution in [-0.2, 0) is 10.1 Å². The van der Waals surface area contributed by atoms with E-state index in [0.717, 1.165) is 57.8 Å². The molecule has 0 bridgehead atoms. The molecule has 0 aromatic rings. The molecule has 2 unspecified atom stereocenters. The Labute approximate surface area is 159 Å². The van der Waals surface area contributed by atoms with E-state index in [4.69, 9.17) is 5.11 Å². The maximum Gasteiger partial charge on any atom is 1.00 e. The van der Waals surface area contributed by atoms with Crippen LogP contribution in [-0.4, -0.2) is 29.4 Å². The van der Waals surface area contributed by atoms with Gasteiger partial charge >= 0.3 is 29.6 Å². The van der Waals surface area contributed by atoms with E-state index in [1.807, 2.05) is 0 Å². The van der Waals surface area contributed by atoms with Crippen molar-refractivity contribution >= 4 is 10.1 Å². The molecular formula is C16H33NaO4S. The fourth-order valence-electron chi connectivity index (χ4n) is 2.57. The minimum absolute atomic E-state index is 0. The average Bonchev–Trinajstić information content (AvgIpc) is 2.38. The Hall–Kier alpha value is 0.870. The summed E-state index contributed by atoms with van der Waals surface area (Å²) >= 11 is 0. The van der Waals surface area contributed by atoms with E-state index < -0.39 is 15.4 Å². The van der Waals surface area contributed by atoms with Crippen molar-refractivity contribution in [2.45, 2.75) is 102 Å². The molecule has 0 rings (SSSR count). The smallest absolute Gasteiger partial charge is 0.748 e. The van der Waals surface area contributed by atoms with Crippen LogP contribution in [0.5, 0.6) is 0 Å². The maximum atomic E-state index is 11.3. The van der Waals surface area contributed by atoms with Gasteiger partial charge in [-0.15, -0.1) is 0 Å². The van der Waals surface area contributed by atoms with E-state index >= 15 is 0 Å². The topological polar surface area (TPSA) is 77.4 Å². The Bertz CT molecular complexity index is 331. The van der Waals surface area contributed by atoms with Gasteiger partial charge in [0, 0.05) is 5.25 Å². The molecular weight excluding hydrogens is 311 g/mol. The number of rotatable bonds is 14. The zero-order valence-electron chi connectivity index (χ0n) is 14.7. The number of aliphatic hydroxyl groups excluding tert-OH is 1. The summed E-state index contributed by atoms with van der Waals surface area (Å²) in [5.74, 6) is 0. The van der Waals surface area contributed by atoms with Gasteiger partial charge in [-0.1, -0.05) is 64.7 Å². The standard InChI is InChI=1S/C16H34O4S.Na/c1-3-4-5-6-10-13-16(21(18,19)20)14-11-8-7-9-12-15(2)17;/h15-17H,3-14H2,1-2H3,(H,18,19,20);/q;+1/p-1. The number of aliphatic hydroxyl groups is 1. The van der Waals surface area contributed by atoms with E-state index in [1.54, 1.807) is 6.92 Å². The van der Waals surface area contributed by atoms with Gasteiger partial charge in [-0.05, 0) is 26.2 Å². The summed E-state index contributed by atoms with van der Waals surface area (Å²) in [5, 5.41) is 8.44. The van der Waals surface area contributed by atoms with Crippen molar-refractivity contribution in [3.63, 3.8) is 0 Å². The monoisotopic (exact) mass is 344 g/mol. The van der Waals surface area contributed by atoms with Crippen LogP contribution in [0.3, 0.4) is 0 Å². The van der Waals surface area contributed by atoms with Gasteiger partial charge in [0.15, 0.2) is 0 Å². The molecule has 0 aliphatic heterocycles. The molecule has 1 N–H and O–H groups in total. The SMILES string of the molecule is CCCCCCCC(CCCCCCC(C)O)S(=O)(=O)[O-].[Na+]. The van der Waals surface area contributed by atoms with Crippen molar-refractivity contribution in [1.29, 1.82) is 0 Å². The molecule has 0 aromatic carbocycles. The average molecular weight is 344 g/mol. The van der Waals surface area contributed by atoms with Crippen molar-refractivity contribution in [1.82, 2.24) is 0 Å². The predicted molar refractivity (Wildman–Crippen MR) is 86.2 cm³/mol. The second-order valence-corrected chi connectivity index (χ2v) is 7.81. The Morgan fingerprint density at radius 2 is 1.27 bits per heavy atom. The van der Waals surface area contributed by atoms with Gasteiger partial charge in [-0.2, -0.15) is 0 Å². The molecule has 6 heteroatoms. The van der Waals surface area contributed by atoms with Gasteiger partial charge in [-0.3, -0.25) is 0 Å². The molecule has 0 aromatic heterocycles. The molecule has 4 nitrogen and oxygen atoms in total. The van der Waals surface area contributed by atoms with Crippen LogP contribution in [0.1, 0.15) is 90.9 Å². The van der Waals surface area contributed by atoms with Crippen molar-refractivity contribution in [3.05, 3.63) is 0 Å². The third-order valence-electron chi connectivity index (χ3n) is 3.94. The molecule has 0 aliphatic rings. The molecule has 0 saturated heterocycles. The van der Waals surface area contributed by atoms with E-state index in [1.165, 1.54) is 6.42 Å². The summed E-state index contributed by atoms with van der Waals surface area (Å²) in [4.78, 5) is 0. The second-order valence-electron chi connectivity index (χ2n) is 6.16. The molecule has 0 heterocycles. The van der Waals surface area contributed by atoms with Crippen LogP contribution in [0.2, 0.25) is 0 Å². The van der Waals surface area contributed by atoms with Crippen LogP contribution in [0.4, 0.5) is 0 Å². The molecule has 2 atom stereocenters. The molecule has 128 valence electrons. The van der Waals surface area contributed by atoms with Crippen LogP contribution in [0.25, 0.3) is 0 Å². The summed E-state index contributed by atoms with van der Waals surface area (Å²) in [6, 6.07) is 0. The van der Waals surface area contributed by atoms with Gasteiger partial charge in [0.2, 0.25) is 0 Å². The third-order valence-corrected chi connectivity index (χ3v) is 5.22. The molecule has 0 fully saturated rings. The van der Waals surface area contributed by atoms with Crippen molar-refractivity contribution in [3.8, 4) is 0 Å². The fourth-order valence-corrected chi connectivity index (χ4v) is 3.48. The molecule has 0 saturated carbocycles. The van der Waals surface area contributed by atoms with Crippen molar-refractivity contribution < 1.29 is 47.6 Å². The van der Waals surface area contributed by atoms with Crippen LogP contribution in [0.15, 0.2) is 0 Å². The summed E-state index contributed by atoms with van der Waals surface area (Å²) in [6.45, 7) is 3.92. The summed E-state index contributed by atoms with van der Waals surface area (Å²) in [7, 11) is -4.15. The Morgan fingerprint density at radius 1 is 0.864 bits per heavy atom. The first-order chi connectivity index (χ1) is 9.88. The van der Waals surface area contributed by atoms with Crippen molar-refractivity contribution in [2.75, 3.05) is 0 Å². The Kier molecular flexibility index (Phi) is 17.6. The van der Waals surface area contributed by atoms with Gasteiger partial charge in [-0.25, -0.2) is 8.42 Å². The third kappa shape index (κ3) is 15.8. The van der Waals surface area contributed by atoms with E-state index in [-0.39, 0.29) is 35.7 Å². The molecule has 0 aliphatic carbocycles. The molecule has 0 radical (unpaired) electrons.